The van der Waals surface area contributed by atoms with Gasteiger partial charge in [0.15, 0.2) is 5.82 Å². The topological polar surface area (TPSA) is 101 Å². The van der Waals surface area contributed by atoms with Crippen LogP contribution in [-0.4, -0.2) is 15.6 Å². The Balaban J connectivity index is 1.69. The summed E-state index contributed by atoms with van der Waals surface area (Å²) >= 11 is 1.24. The summed E-state index contributed by atoms with van der Waals surface area (Å²) in [6.45, 7) is -0.274. The van der Waals surface area contributed by atoms with Gasteiger partial charge < -0.3 is 5.32 Å². The van der Waals surface area contributed by atoms with Crippen molar-refractivity contribution in [2.75, 3.05) is 5.32 Å². The molecule has 0 radical (unpaired) electrons. The van der Waals surface area contributed by atoms with Crippen molar-refractivity contribution in [1.29, 1.82) is 5.26 Å². The van der Waals surface area contributed by atoms with Gasteiger partial charge in [0.2, 0.25) is 5.91 Å². The lowest BCUT2D eigenvalue weighted by atomic mass is 10.0. The van der Waals surface area contributed by atoms with Crippen molar-refractivity contribution in [3.8, 4) is 17.5 Å². The van der Waals surface area contributed by atoms with Gasteiger partial charge in [0, 0.05) is 5.56 Å². The van der Waals surface area contributed by atoms with Gasteiger partial charge in [0.1, 0.15) is 17.6 Å². The molecule has 0 aliphatic heterocycles. The van der Waals surface area contributed by atoms with E-state index in [1.54, 1.807) is 11.4 Å². The van der Waals surface area contributed by atoms with Gasteiger partial charge in [0.05, 0.1) is 5.56 Å². The van der Waals surface area contributed by atoms with E-state index in [4.69, 9.17) is 9.78 Å². The zero-order chi connectivity index (χ0) is 18.8. The first-order chi connectivity index (χ1) is 13.2. The van der Waals surface area contributed by atoms with E-state index in [9.17, 15) is 9.59 Å². The fourth-order valence-electron chi connectivity index (χ4n) is 2.83. The summed E-state index contributed by atoms with van der Waals surface area (Å²) in [6.07, 6.45) is 0. The van der Waals surface area contributed by atoms with Crippen molar-refractivity contribution in [3.05, 3.63) is 70.0 Å². The Morgan fingerprint density at radius 2 is 2.04 bits per heavy atom. The van der Waals surface area contributed by atoms with Crippen LogP contribution >= 0.6 is 11.3 Å². The molecule has 0 aliphatic carbocycles. The standard InChI is InChI=1S/C19H12N4O3S/c20-10-13-8-9-27-18(13)21-16(24)11-23-17(22-26-19(23)25)15-7-3-5-12-4-1-2-6-14(12)15/h1-9H,11H2,(H,21,24). The SMILES string of the molecule is N#Cc1ccsc1NC(=O)Cn1c(-c2cccc3ccccc23)noc1=O. The number of rotatable bonds is 4. The molecule has 27 heavy (non-hydrogen) atoms. The highest BCUT2D eigenvalue weighted by atomic mass is 32.1. The van der Waals surface area contributed by atoms with Gasteiger partial charge >= 0.3 is 5.76 Å². The molecule has 0 unspecified atom stereocenters. The first-order valence-electron chi connectivity index (χ1n) is 7.99. The Hall–Kier alpha value is -3.70. The zero-order valence-electron chi connectivity index (χ0n) is 13.9. The van der Waals surface area contributed by atoms with Gasteiger partial charge in [-0.25, -0.2) is 9.36 Å². The molecule has 0 spiro atoms. The van der Waals surface area contributed by atoms with Gasteiger partial charge in [0.25, 0.3) is 0 Å². The van der Waals surface area contributed by atoms with Crippen LogP contribution in [0.4, 0.5) is 5.00 Å². The third kappa shape index (κ3) is 3.12. The molecule has 0 aliphatic rings. The second-order valence-electron chi connectivity index (χ2n) is 5.71. The fraction of sp³-hybridized carbons (Fsp3) is 0.0526. The van der Waals surface area contributed by atoms with Crippen molar-refractivity contribution in [3.63, 3.8) is 0 Å². The van der Waals surface area contributed by atoms with Crippen LogP contribution in [0.2, 0.25) is 0 Å². The summed E-state index contributed by atoms with van der Waals surface area (Å²) in [4.78, 5) is 24.5. The van der Waals surface area contributed by atoms with Gasteiger partial charge in [-0.15, -0.1) is 11.3 Å². The second-order valence-corrected chi connectivity index (χ2v) is 6.62. The van der Waals surface area contributed by atoms with Crippen LogP contribution in [-0.2, 0) is 11.3 Å². The molecule has 7 nitrogen and oxygen atoms in total. The third-order valence-corrected chi connectivity index (χ3v) is 4.89. The molecule has 2 aromatic heterocycles. The second kappa shape index (κ2) is 6.90. The summed E-state index contributed by atoms with van der Waals surface area (Å²) in [6, 6.07) is 16.9. The van der Waals surface area contributed by atoms with Crippen LogP contribution in [0.1, 0.15) is 5.56 Å². The Morgan fingerprint density at radius 1 is 1.22 bits per heavy atom. The molecule has 2 aromatic carbocycles. The van der Waals surface area contributed by atoms with Crippen LogP contribution in [0.25, 0.3) is 22.2 Å². The summed E-state index contributed by atoms with van der Waals surface area (Å²) in [5, 5.41) is 19.6. The lowest BCUT2D eigenvalue weighted by Crippen LogP contribution is -2.25. The molecule has 4 rings (SSSR count). The number of nitriles is 1. The molecule has 0 fully saturated rings. The zero-order valence-corrected chi connectivity index (χ0v) is 14.7. The van der Waals surface area contributed by atoms with Crippen LogP contribution in [0.15, 0.2) is 63.2 Å². The minimum absolute atomic E-state index is 0.274. The Bertz CT molecular complexity index is 1240. The van der Waals surface area contributed by atoms with Crippen molar-refractivity contribution in [2.24, 2.45) is 0 Å². The lowest BCUT2D eigenvalue weighted by Gasteiger charge is -2.08. The van der Waals surface area contributed by atoms with Crippen molar-refractivity contribution < 1.29 is 9.32 Å². The summed E-state index contributed by atoms with van der Waals surface area (Å²) in [5.41, 5.74) is 1.07. The molecule has 2 heterocycles. The normalized spacial score (nSPS) is 10.6. The summed E-state index contributed by atoms with van der Waals surface area (Å²) in [7, 11) is 0. The highest BCUT2D eigenvalue weighted by Crippen LogP contribution is 2.27. The maximum atomic E-state index is 12.4. The molecule has 0 saturated carbocycles. The number of thiophene rings is 1. The minimum Gasteiger partial charge on any atom is -0.315 e. The number of hydrogen-bond acceptors (Lipinski definition) is 6. The molecule has 8 heteroatoms. The van der Waals surface area contributed by atoms with Crippen molar-refractivity contribution in [1.82, 2.24) is 9.72 Å². The molecule has 0 atom stereocenters. The van der Waals surface area contributed by atoms with E-state index >= 15 is 0 Å². The number of hydrogen-bond donors (Lipinski definition) is 1. The minimum atomic E-state index is -0.722. The van der Waals surface area contributed by atoms with E-state index in [0.717, 1.165) is 10.8 Å². The number of carbonyl (C=O) groups excluding carboxylic acids is 1. The van der Waals surface area contributed by atoms with Crippen LogP contribution in [0, 0.1) is 11.3 Å². The van der Waals surface area contributed by atoms with Crippen LogP contribution in [0.5, 0.6) is 0 Å². The maximum absolute atomic E-state index is 12.4. The molecule has 4 aromatic rings. The predicted octanol–water partition coefficient (Wildman–Crippen LogP) is 3.23. The molecule has 0 bridgehead atoms. The number of nitrogens with one attached hydrogen (secondary N) is 1. The highest BCUT2D eigenvalue weighted by molar-refractivity contribution is 7.14. The third-order valence-electron chi connectivity index (χ3n) is 4.06. The Morgan fingerprint density at radius 3 is 2.89 bits per heavy atom. The van der Waals surface area contributed by atoms with E-state index in [1.165, 1.54) is 15.9 Å². The number of carbonyl (C=O) groups is 1. The molecular weight excluding hydrogens is 364 g/mol. The monoisotopic (exact) mass is 376 g/mol. The number of amides is 1. The number of benzene rings is 2. The molecule has 1 N–H and O–H groups in total. The van der Waals surface area contributed by atoms with E-state index < -0.39 is 11.7 Å². The smallest absolute Gasteiger partial charge is 0.315 e. The molecule has 1 amide bonds. The quantitative estimate of drug-likeness (QED) is 0.589. The van der Waals surface area contributed by atoms with Gasteiger partial charge in [-0.1, -0.05) is 47.6 Å². The lowest BCUT2D eigenvalue weighted by molar-refractivity contribution is -0.116. The average molecular weight is 376 g/mol. The predicted molar refractivity (Wildman–Crippen MR) is 101 cm³/mol. The van der Waals surface area contributed by atoms with Crippen molar-refractivity contribution in [2.45, 2.75) is 6.54 Å². The van der Waals surface area contributed by atoms with E-state index in [1.807, 2.05) is 48.5 Å². The van der Waals surface area contributed by atoms with Crippen molar-refractivity contribution >= 4 is 33.0 Å². The number of anilines is 1. The molecule has 0 saturated heterocycles. The van der Waals surface area contributed by atoms with Gasteiger partial charge in [-0.2, -0.15) is 5.26 Å². The average Bonchev–Trinajstić information content (AvgIpc) is 3.28. The van der Waals surface area contributed by atoms with Crippen LogP contribution < -0.4 is 11.1 Å². The van der Waals surface area contributed by atoms with E-state index in [0.29, 0.717) is 16.1 Å². The van der Waals surface area contributed by atoms with E-state index in [-0.39, 0.29) is 12.4 Å². The Labute approximate surface area is 157 Å². The first kappa shape index (κ1) is 16.8. The van der Waals surface area contributed by atoms with Crippen LogP contribution in [0.3, 0.4) is 0 Å². The highest BCUT2D eigenvalue weighted by Gasteiger charge is 2.18. The number of nitrogens with zero attached hydrogens (tertiary/aromatic N) is 3. The van der Waals surface area contributed by atoms with Gasteiger partial charge in [-0.3, -0.25) is 9.32 Å². The first-order valence-corrected chi connectivity index (χ1v) is 8.87. The summed E-state index contributed by atoms with van der Waals surface area (Å²) < 4.78 is 5.98. The number of fused-ring (bicyclic) bond motifs is 1. The Kier molecular flexibility index (Phi) is 4.28. The number of aromatic nitrogens is 2. The molecule has 132 valence electrons. The van der Waals surface area contributed by atoms with E-state index in [2.05, 4.69) is 10.5 Å². The molecular formula is C19H12N4O3S. The maximum Gasteiger partial charge on any atom is 0.442 e. The largest absolute Gasteiger partial charge is 0.442 e. The van der Waals surface area contributed by atoms with Gasteiger partial charge in [-0.05, 0) is 22.2 Å². The fourth-order valence-corrected chi connectivity index (χ4v) is 3.58. The summed E-state index contributed by atoms with van der Waals surface area (Å²) in [5.74, 6) is -0.890.